The van der Waals surface area contributed by atoms with Crippen LogP contribution >= 0.6 is 0 Å². The Balaban J connectivity index is 2.97. The lowest BCUT2D eigenvalue weighted by molar-refractivity contribution is -0.136. The van der Waals surface area contributed by atoms with Crippen molar-refractivity contribution in [3.63, 3.8) is 0 Å². The summed E-state index contributed by atoms with van der Waals surface area (Å²) in [5.74, 6) is -4.15. The van der Waals surface area contributed by atoms with Gasteiger partial charge in [0.05, 0.1) is 12.2 Å². The lowest BCUT2D eigenvalue weighted by Gasteiger charge is -2.10. The molecule has 0 amide bonds. The number of benzene rings is 1. The minimum atomic E-state index is -4.10. The Hall–Kier alpha value is -1.70. The molecule has 0 heterocycles. The molecule has 0 saturated heterocycles. The summed E-state index contributed by atoms with van der Waals surface area (Å²) < 4.78 is 51.3. The predicted octanol–water partition coefficient (Wildman–Crippen LogP) is 1.49. The molecule has 0 aliphatic heterocycles. The van der Waals surface area contributed by atoms with Crippen molar-refractivity contribution in [2.45, 2.75) is 13.3 Å². The minimum absolute atomic E-state index is 0.0762. The number of carboxylic acid groups (broad SMARTS) is 1. The van der Waals surface area contributed by atoms with Crippen LogP contribution in [0.1, 0.15) is 12.0 Å². The second kappa shape index (κ2) is 5.30. The number of carboxylic acids is 1. The SMILES string of the molecule is Cc1ccc(F)c(NS(=O)(=O)CCC(=O)O)c1F. The molecule has 0 bridgehead atoms. The van der Waals surface area contributed by atoms with E-state index in [1.54, 1.807) is 4.72 Å². The van der Waals surface area contributed by atoms with Crippen LogP contribution < -0.4 is 4.72 Å². The highest BCUT2D eigenvalue weighted by Gasteiger charge is 2.19. The quantitative estimate of drug-likeness (QED) is 0.855. The first kappa shape index (κ1) is 14.4. The van der Waals surface area contributed by atoms with Gasteiger partial charge in [-0.05, 0) is 18.6 Å². The Morgan fingerprint density at radius 1 is 1.39 bits per heavy atom. The number of rotatable bonds is 5. The van der Waals surface area contributed by atoms with Gasteiger partial charge in [-0.1, -0.05) is 6.07 Å². The summed E-state index contributed by atoms with van der Waals surface area (Å²) >= 11 is 0. The van der Waals surface area contributed by atoms with Crippen molar-refractivity contribution >= 4 is 21.7 Å². The molecule has 0 radical (unpaired) electrons. The third-order valence-corrected chi connectivity index (χ3v) is 3.38. The molecule has 0 spiro atoms. The van der Waals surface area contributed by atoms with E-state index in [1.807, 2.05) is 0 Å². The van der Waals surface area contributed by atoms with Gasteiger partial charge in [-0.3, -0.25) is 9.52 Å². The van der Waals surface area contributed by atoms with E-state index in [2.05, 4.69) is 0 Å². The molecule has 2 N–H and O–H groups in total. The highest BCUT2D eigenvalue weighted by molar-refractivity contribution is 7.92. The number of carbonyl (C=O) groups is 1. The summed E-state index contributed by atoms with van der Waals surface area (Å²) in [4.78, 5) is 10.2. The van der Waals surface area contributed by atoms with Crippen molar-refractivity contribution in [3.05, 3.63) is 29.3 Å². The van der Waals surface area contributed by atoms with Crippen LogP contribution in [0.25, 0.3) is 0 Å². The maximum atomic E-state index is 13.5. The van der Waals surface area contributed by atoms with Gasteiger partial charge in [0.2, 0.25) is 10.0 Å². The van der Waals surface area contributed by atoms with Crippen molar-refractivity contribution < 1.29 is 27.1 Å². The van der Waals surface area contributed by atoms with Gasteiger partial charge in [-0.2, -0.15) is 0 Å². The fourth-order valence-electron chi connectivity index (χ4n) is 1.18. The highest BCUT2D eigenvalue weighted by atomic mass is 32.2. The van der Waals surface area contributed by atoms with Crippen LogP contribution in [0.4, 0.5) is 14.5 Å². The summed E-state index contributed by atoms with van der Waals surface area (Å²) in [6.45, 7) is 1.35. The van der Waals surface area contributed by atoms with E-state index in [9.17, 15) is 22.0 Å². The molecule has 0 aliphatic carbocycles. The Labute approximate surface area is 102 Å². The summed E-state index contributed by atoms with van der Waals surface area (Å²) in [5, 5.41) is 8.36. The molecule has 0 aromatic heterocycles. The second-order valence-corrected chi connectivity index (χ2v) is 5.46. The number of nitrogens with one attached hydrogen (secondary N) is 1. The van der Waals surface area contributed by atoms with Crippen molar-refractivity contribution in [2.75, 3.05) is 10.5 Å². The molecule has 0 unspecified atom stereocenters. The van der Waals surface area contributed by atoms with Crippen LogP contribution in [-0.2, 0) is 14.8 Å². The minimum Gasteiger partial charge on any atom is -0.481 e. The predicted molar refractivity (Wildman–Crippen MR) is 60.8 cm³/mol. The largest absolute Gasteiger partial charge is 0.481 e. The number of aliphatic carboxylic acids is 1. The van der Waals surface area contributed by atoms with Crippen molar-refractivity contribution in [2.24, 2.45) is 0 Å². The normalized spacial score (nSPS) is 11.3. The molecular formula is C10H11F2NO4S. The third kappa shape index (κ3) is 3.66. The van der Waals surface area contributed by atoms with Gasteiger partial charge in [0.25, 0.3) is 0 Å². The zero-order chi connectivity index (χ0) is 13.9. The lowest BCUT2D eigenvalue weighted by atomic mass is 10.2. The van der Waals surface area contributed by atoms with Gasteiger partial charge in [0.15, 0.2) is 5.82 Å². The van der Waals surface area contributed by atoms with Gasteiger partial charge < -0.3 is 5.11 Å². The van der Waals surface area contributed by atoms with Gasteiger partial charge in [-0.15, -0.1) is 0 Å². The molecule has 18 heavy (non-hydrogen) atoms. The zero-order valence-electron chi connectivity index (χ0n) is 9.41. The Kier molecular flexibility index (Phi) is 4.23. The first-order chi connectivity index (χ1) is 8.23. The molecule has 0 saturated carbocycles. The van der Waals surface area contributed by atoms with Gasteiger partial charge >= 0.3 is 5.97 Å². The number of halogens is 2. The first-order valence-electron chi connectivity index (χ1n) is 4.90. The smallest absolute Gasteiger partial charge is 0.304 e. The Bertz CT molecular complexity index is 571. The van der Waals surface area contributed by atoms with E-state index in [1.165, 1.54) is 13.0 Å². The number of aryl methyl sites for hydroxylation is 1. The topological polar surface area (TPSA) is 83.5 Å². The fourth-order valence-corrected chi connectivity index (χ4v) is 2.22. The molecule has 1 aromatic carbocycles. The molecule has 8 heteroatoms. The monoisotopic (exact) mass is 279 g/mol. The number of sulfonamides is 1. The van der Waals surface area contributed by atoms with Crippen molar-refractivity contribution in [1.82, 2.24) is 0 Å². The molecule has 5 nitrogen and oxygen atoms in total. The van der Waals surface area contributed by atoms with E-state index >= 15 is 0 Å². The zero-order valence-corrected chi connectivity index (χ0v) is 10.2. The molecule has 1 rings (SSSR count). The van der Waals surface area contributed by atoms with E-state index in [-0.39, 0.29) is 5.56 Å². The van der Waals surface area contributed by atoms with E-state index in [4.69, 9.17) is 5.11 Å². The average molecular weight is 279 g/mol. The van der Waals surface area contributed by atoms with Crippen LogP contribution in [0.15, 0.2) is 12.1 Å². The number of anilines is 1. The van der Waals surface area contributed by atoms with Crippen molar-refractivity contribution in [1.29, 1.82) is 0 Å². The van der Waals surface area contributed by atoms with Crippen LogP contribution in [-0.4, -0.2) is 25.2 Å². The average Bonchev–Trinajstić information content (AvgIpc) is 2.27. The van der Waals surface area contributed by atoms with Crippen LogP contribution in [0, 0.1) is 18.6 Å². The Morgan fingerprint density at radius 3 is 2.56 bits per heavy atom. The molecule has 0 fully saturated rings. The van der Waals surface area contributed by atoms with Crippen LogP contribution in [0.5, 0.6) is 0 Å². The standard InChI is InChI=1S/C10H11F2NO4S/c1-6-2-3-7(11)10(9(6)12)13-18(16,17)5-4-8(14)15/h2-3,13H,4-5H2,1H3,(H,14,15). The molecular weight excluding hydrogens is 268 g/mol. The summed E-state index contributed by atoms with van der Waals surface area (Å²) in [5.41, 5.74) is -0.715. The molecule has 1 aromatic rings. The van der Waals surface area contributed by atoms with E-state index < -0.39 is 45.5 Å². The van der Waals surface area contributed by atoms with E-state index in [0.717, 1.165) is 6.07 Å². The number of hydrogen-bond acceptors (Lipinski definition) is 3. The summed E-state index contributed by atoms with van der Waals surface area (Å²) in [6.07, 6.45) is -0.648. The molecule has 0 aliphatic rings. The second-order valence-electron chi connectivity index (χ2n) is 3.62. The maximum Gasteiger partial charge on any atom is 0.304 e. The molecule has 100 valence electrons. The van der Waals surface area contributed by atoms with Gasteiger partial charge in [0.1, 0.15) is 11.5 Å². The third-order valence-electron chi connectivity index (χ3n) is 2.13. The van der Waals surface area contributed by atoms with Crippen molar-refractivity contribution in [3.8, 4) is 0 Å². The lowest BCUT2D eigenvalue weighted by Crippen LogP contribution is -2.20. The first-order valence-corrected chi connectivity index (χ1v) is 6.55. The van der Waals surface area contributed by atoms with E-state index in [0.29, 0.717) is 0 Å². The summed E-state index contributed by atoms with van der Waals surface area (Å²) in [7, 11) is -4.10. The molecule has 0 atom stereocenters. The van der Waals surface area contributed by atoms with Gasteiger partial charge in [0, 0.05) is 0 Å². The summed E-state index contributed by atoms with van der Waals surface area (Å²) in [6, 6.07) is 2.09. The van der Waals surface area contributed by atoms with Crippen LogP contribution in [0.3, 0.4) is 0 Å². The van der Waals surface area contributed by atoms with Crippen LogP contribution in [0.2, 0.25) is 0 Å². The van der Waals surface area contributed by atoms with Gasteiger partial charge in [-0.25, -0.2) is 17.2 Å². The highest BCUT2D eigenvalue weighted by Crippen LogP contribution is 2.22. The maximum absolute atomic E-state index is 13.5. The number of hydrogen-bond donors (Lipinski definition) is 2. The fraction of sp³-hybridized carbons (Fsp3) is 0.300. The Morgan fingerprint density at radius 2 is 2.00 bits per heavy atom.